The molecule has 0 unspecified atom stereocenters. The fourth-order valence-electron chi connectivity index (χ4n) is 3.66. The first-order valence-electron chi connectivity index (χ1n) is 9.51. The zero-order chi connectivity index (χ0) is 19.8. The lowest BCUT2D eigenvalue weighted by molar-refractivity contribution is 0.580. The van der Waals surface area contributed by atoms with Crippen molar-refractivity contribution in [3.8, 4) is 11.1 Å². The number of hydrogen-bond acceptors (Lipinski definition) is 4. The molecule has 0 saturated heterocycles. The average Bonchev–Trinajstić information content (AvgIpc) is 3.19. The second-order valence-corrected chi connectivity index (χ2v) is 7.09. The van der Waals surface area contributed by atoms with Crippen LogP contribution in [-0.2, 0) is 20.0 Å². The van der Waals surface area contributed by atoms with Crippen molar-refractivity contribution in [3.05, 3.63) is 89.2 Å². The maximum absolute atomic E-state index is 13.2. The van der Waals surface area contributed by atoms with Crippen LogP contribution < -0.4 is 5.56 Å². The Balaban J connectivity index is 1.51. The van der Waals surface area contributed by atoms with Gasteiger partial charge >= 0.3 is 0 Å². The summed E-state index contributed by atoms with van der Waals surface area (Å²) in [6, 6.07) is 17.9. The molecule has 6 nitrogen and oxygen atoms in total. The summed E-state index contributed by atoms with van der Waals surface area (Å²) in [5, 5.41) is 11.2. The Morgan fingerprint density at radius 1 is 0.897 bits per heavy atom. The van der Waals surface area contributed by atoms with Crippen LogP contribution in [0.2, 0.25) is 0 Å². The molecule has 0 bridgehead atoms. The third-order valence-corrected chi connectivity index (χ3v) is 5.13. The molecule has 0 atom stereocenters. The maximum Gasteiger partial charge on any atom is 0.275 e. The van der Waals surface area contributed by atoms with Gasteiger partial charge in [-0.3, -0.25) is 14.5 Å². The summed E-state index contributed by atoms with van der Waals surface area (Å²) in [4.78, 5) is 17.9. The van der Waals surface area contributed by atoms with Crippen molar-refractivity contribution in [1.82, 2.24) is 24.5 Å². The quantitative estimate of drug-likeness (QED) is 0.477. The highest BCUT2D eigenvalue weighted by molar-refractivity contribution is 5.95. The molecular formula is C23H19N5O. The van der Waals surface area contributed by atoms with Gasteiger partial charge in [-0.25, -0.2) is 4.68 Å². The van der Waals surface area contributed by atoms with Gasteiger partial charge in [0.25, 0.3) is 5.56 Å². The minimum absolute atomic E-state index is 0.0947. The number of para-hydroxylation sites is 1. The molecule has 3 heterocycles. The number of nitrogens with zero attached hydrogens (tertiary/aromatic N) is 5. The van der Waals surface area contributed by atoms with Gasteiger partial charge in [0.15, 0.2) is 0 Å². The van der Waals surface area contributed by atoms with Gasteiger partial charge in [-0.15, -0.1) is 0 Å². The minimum Gasteiger partial charge on any atom is -0.275 e. The third kappa shape index (κ3) is 3.18. The van der Waals surface area contributed by atoms with E-state index in [1.165, 1.54) is 4.68 Å². The molecule has 142 valence electrons. The fourth-order valence-corrected chi connectivity index (χ4v) is 3.66. The van der Waals surface area contributed by atoms with Crippen molar-refractivity contribution in [1.29, 1.82) is 0 Å². The van der Waals surface area contributed by atoms with Crippen LogP contribution in [0.4, 0.5) is 0 Å². The number of aryl methyl sites for hydroxylation is 3. The van der Waals surface area contributed by atoms with Gasteiger partial charge in [0.2, 0.25) is 0 Å². The van der Waals surface area contributed by atoms with Crippen LogP contribution in [-0.4, -0.2) is 24.5 Å². The summed E-state index contributed by atoms with van der Waals surface area (Å²) >= 11 is 0. The zero-order valence-corrected chi connectivity index (χ0v) is 16.0. The Morgan fingerprint density at radius 2 is 1.76 bits per heavy atom. The maximum atomic E-state index is 13.2. The average molecular weight is 381 g/mol. The SMILES string of the molecule is Cn1cc(-c2cccc3cnn(CCc4ccc5ccccc5n4)c(=O)c23)cn1. The molecule has 5 aromatic rings. The molecule has 0 radical (unpaired) electrons. The van der Waals surface area contributed by atoms with Gasteiger partial charge in [-0.05, 0) is 17.7 Å². The van der Waals surface area contributed by atoms with Crippen molar-refractivity contribution in [2.75, 3.05) is 0 Å². The van der Waals surface area contributed by atoms with E-state index in [0.717, 1.165) is 33.1 Å². The highest BCUT2D eigenvalue weighted by Crippen LogP contribution is 2.25. The summed E-state index contributed by atoms with van der Waals surface area (Å²) in [5.74, 6) is 0. The number of pyridine rings is 1. The predicted molar refractivity (Wildman–Crippen MR) is 114 cm³/mol. The lowest BCUT2D eigenvalue weighted by Crippen LogP contribution is -2.24. The van der Waals surface area contributed by atoms with E-state index in [4.69, 9.17) is 4.98 Å². The van der Waals surface area contributed by atoms with Crippen molar-refractivity contribution in [3.63, 3.8) is 0 Å². The molecule has 0 saturated carbocycles. The van der Waals surface area contributed by atoms with E-state index in [1.54, 1.807) is 17.1 Å². The largest absolute Gasteiger partial charge is 0.275 e. The van der Waals surface area contributed by atoms with Crippen molar-refractivity contribution < 1.29 is 0 Å². The second kappa shape index (κ2) is 6.98. The molecule has 0 aliphatic rings. The topological polar surface area (TPSA) is 65.6 Å². The van der Waals surface area contributed by atoms with Gasteiger partial charge in [0, 0.05) is 41.7 Å². The Morgan fingerprint density at radius 3 is 2.62 bits per heavy atom. The zero-order valence-electron chi connectivity index (χ0n) is 16.0. The Hall–Kier alpha value is -3.80. The minimum atomic E-state index is -0.0947. The molecule has 0 amide bonds. The highest BCUT2D eigenvalue weighted by atomic mass is 16.1. The molecular weight excluding hydrogens is 362 g/mol. The summed E-state index contributed by atoms with van der Waals surface area (Å²) in [7, 11) is 1.87. The van der Waals surface area contributed by atoms with E-state index in [0.29, 0.717) is 18.4 Å². The van der Waals surface area contributed by atoms with Crippen LogP contribution in [0.3, 0.4) is 0 Å². The highest BCUT2D eigenvalue weighted by Gasteiger charge is 2.12. The molecule has 0 N–H and O–H groups in total. The van der Waals surface area contributed by atoms with Crippen molar-refractivity contribution >= 4 is 21.7 Å². The Bertz CT molecular complexity index is 1400. The Kier molecular flexibility index (Phi) is 4.17. The number of hydrogen-bond donors (Lipinski definition) is 0. The summed E-state index contributed by atoms with van der Waals surface area (Å²) in [6.45, 7) is 0.474. The molecule has 0 aliphatic carbocycles. The van der Waals surface area contributed by atoms with Crippen LogP contribution in [0.15, 0.2) is 78.0 Å². The van der Waals surface area contributed by atoms with Crippen LogP contribution in [0, 0.1) is 0 Å². The van der Waals surface area contributed by atoms with E-state index in [-0.39, 0.29) is 5.56 Å². The van der Waals surface area contributed by atoms with E-state index in [9.17, 15) is 4.79 Å². The van der Waals surface area contributed by atoms with Gasteiger partial charge < -0.3 is 0 Å². The van der Waals surface area contributed by atoms with E-state index in [2.05, 4.69) is 16.3 Å². The predicted octanol–water partition coefficient (Wildman–Crippen LogP) is 3.59. The van der Waals surface area contributed by atoms with Crippen LogP contribution in [0.1, 0.15) is 5.69 Å². The number of fused-ring (bicyclic) bond motifs is 2. The van der Waals surface area contributed by atoms with E-state index >= 15 is 0 Å². The van der Waals surface area contributed by atoms with Gasteiger partial charge in [-0.1, -0.05) is 42.5 Å². The first-order valence-corrected chi connectivity index (χ1v) is 9.51. The molecule has 0 fully saturated rings. The molecule has 2 aromatic carbocycles. The van der Waals surface area contributed by atoms with Crippen LogP contribution in [0.25, 0.3) is 32.8 Å². The summed E-state index contributed by atoms with van der Waals surface area (Å²) in [5.41, 5.74) is 3.60. The first-order chi connectivity index (χ1) is 14.2. The van der Waals surface area contributed by atoms with E-state index in [1.807, 2.05) is 61.8 Å². The molecule has 0 spiro atoms. The van der Waals surface area contributed by atoms with Crippen LogP contribution >= 0.6 is 0 Å². The number of aromatic nitrogens is 5. The standard InChI is InChI=1S/C23H19N5O/c1-27-15-18(14-24-27)20-7-4-6-17-13-25-28(23(29)22(17)20)12-11-19-10-9-16-5-2-3-8-21(16)26-19/h2-10,13-15H,11-12H2,1H3. The first kappa shape index (κ1) is 17.3. The molecule has 0 aliphatic heterocycles. The number of rotatable bonds is 4. The molecule has 5 rings (SSSR count). The van der Waals surface area contributed by atoms with Gasteiger partial charge in [-0.2, -0.15) is 10.2 Å². The molecule has 3 aromatic heterocycles. The summed E-state index contributed by atoms with van der Waals surface area (Å²) < 4.78 is 3.26. The Labute approximate surface area is 167 Å². The van der Waals surface area contributed by atoms with Crippen molar-refractivity contribution in [2.45, 2.75) is 13.0 Å². The third-order valence-electron chi connectivity index (χ3n) is 5.13. The normalized spacial score (nSPS) is 11.3. The fraction of sp³-hybridized carbons (Fsp3) is 0.130. The monoisotopic (exact) mass is 381 g/mol. The van der Waals surface area contributed by atoms with Crippen LogP contribution in [0.5, 0.6) is 0 Å². The number of benzene rings is 2. The van der Waals surface area contributed by atoms with Crippen molar-refractivity contribution in [2.24, 2.45) is 7.05 Å². The smallest absolute Gasteiger partial charge is 0.275 e. The second-order valence-electron chi connectivity index (χ2n) is 7.09. The van der Waals surface area contributed by atoms with Gasteiger partial charge in [0.1, 0.15) is 0 Å². The summed E-state index contributed by atoms with van der Waals surface area (Å²) in [6.07, 6.45) is 6.08. The lowest BCUT2D eigenvalue weighted by atomic mass is 10.0. The lowest BCUT2D eigenvalue weighted by Gasteiger charge is -2.09. The van der Waals surface area contributed by atoms with Gasteiger partial charge in [0.05, 0.1) is 29.8 Å². The molecule has 6 heteroatoms. The van der Waals surface area contributed by atoms with E-state index < -0.39 is 0 Å². The molecule has 29 heavy (non-hydrogen) atoms.